The Hall–Kier alpha value is -2.96. The average Bonchev–Trinajstić information content (AvgIpc) is 3.46. The largest absolute Gasteiger partial charge is 0.349 e. The van der Waals surface area contributed by atoms with Gasteiger partial charge in [0.15, 0.2) is 5.11 Å². The summed E-state index contributed by atoms with van der Waals surface area (Å²) >= 11 is 5.95. The minimum absolute atomic E-state index is 0.197. The average molecular weight is 568 g/mol. The molecule has 2 aromatic carbocycles. The molecule has 0 spiro atoms. The van der Waals surface area contributed by atoms with Crippen LogP contribution in [-0.2, 0) is 5.41 Å². The molecule has 2 unspecified atom stereocenters. The molecule has 3 aromatic rings. The fourth-order valence-corrected chi connectivity index (χ4v) is 8.47. The Morgan fingerprint density at radius 1 is 0.951 bits per heavy atom. The van der Waals surface area contributed by atoms with E-state index in [4.69, 9.17) is 17.2 Å². The van der Waals surface area contributed by atoms with Crippen molar-refractivity contribution in [1.82, 2.24) is 24.3 Å². The van der Waals surface area contributed by atoms with Crippen LogP contribution in [0.4, 0.5) is 0 Å². The lowest BCUT2D eigenvalue weighted by Crippen LogP contribution is -2.51. The Bertz CT molecular complexity index is 1350. The maximum Gasteiger partial charge on any atom is 0.172 e. The number of fused-ring (bicyclic) bond motifs is 3. The molecule has 1 aromatic heterocycles. The van der Waals surface area contributed by atoms with E-state index in [1.54, 1.807) is 0 Å². The molecule has 41 heavy (non-hydrogen) atoms. The number of aryl methyl sites for hydroxylation is 1. The molecule has 6 heteroatoms. The second-order valence-electron chi connectivity index (χ2n) is 12.4. The van der Waals surface area contributed by atoms with Crippen molar-refractivity contribution in [2.75, 3.05) is 32.7 Å². The fourth-order valence-electron chi connectivity index (χ4n) is 8.13. The predicted molar refractivity (Wildman–Crippen MR) is 174 cm³/mol. The van der Waals surface area contributed by atoms with Gasteiger partial charge >= 0.3 is 0 Å². The van der Waals surface area contributed by atoms with Gasteiger partial charge in [0.25, 0.3) is 0 Å². The molecule has 2 bridgehead atoms. The first-order valence-corrected chi connectivity index (χ1v) is 15.9. The summed E-state index contributed by atoms with van der Waals surface area (Å²) in [5, 5.41) is 0.939. The number of likely N-dealkylation sites (tertiary alicyclic amines) is 1. The zero-order valence-electron chi connectivity index (χ0n) is 24.6. The van der Waals surface area contributed by atoms with Gasteiger partial charge in [-0.2, -0.15) is 0 Å². The Labute approximate surface area is 251 Å². The van der Waals surface area contributed by atoms with E-state index >= 15 is 0 Å². The lowest BCUT2D eigenvalue weighted by atomic mass is 9.70. The van der Waals surface area contributed by atoms with Gasteiger partial charge in [0.05, 0.1) is 11.0 Å². The highest BCUT2D eigenvalue weighted by Gasteiger charge is 2.44. The van der Waals surface area contributed by atoms with Gasteiger partial charge in [-0.25, -0.2) is 4.98 Å². The monoisotopic (exact) mass is 567 g/mol. The maximum atomic E-state index is 5.95. The van der Waals surface area contributed by atoms with Crippen LogP contribution < -0.4 is 0 Å². The summed E-state index contributed by atoms with van der Waals surface area (Å²) in [6.45, 7) is 14.8. The van der Waals surface area contributed by atoms with Crippen LogP contribution in [0, 0.1) is 6.92 Å². The Balaban J connectivity index is 1.15. The lowest BCUT2D eigenvalue weighted by Gasteiger charge is -2.47. The molecule has 0 N–H and O–H groups in total. The third-order valence-corrected chi connectivity index (χ3v) is 10.7. The molecular formula is C35H45N5S. The minimum atomic E-state index is 0.197. The second kappa shape index (κ2) is 12.1. The first-order chi connectivity index (χ1) is 20.0. The van der Waals surface area contributed by atoms with Gasteiger partial charge in [-0.15, -0.1) is 13.2 Å². The van der Waals surface area contributed by atoms with Crippen molar-refractivity contribution in [3.63, 3.8) is 0 Å². The van der Waals surface area contributed by atoms with E-state index in [1.165, 1.54) is 49.7 Å². The van der Waals surface area contributed by atoms with E-state index in [2.05, 4.69) is 93.9 Å². The number of hydrogen-bond donors (Lipinski definition) is 0. The van der Waals surface area contributed by atoms with Crippen molar-refractivity contribution < 1.29 is 0 Å². The van der Waals surface area contributed by atoms with Gasteiger partial charge in [-0.3, -0.25) is 4.90 Å². The summed E-state index contributed by atoms with van der Waals surface area (Å²) in [6, 6.07) is 21.9. The highest BCUT2D eigenvalue weighted by Crippen LogP contribution is 2.45. The van der Waals surface area contributed by atoms with Gasteiger partial charge in [-0.05, 0) is 93.7 Å². The van der Waals surface area contributed by atoms with Gasteiger partial charge in [0.1, 0.15) is 5.82 Å². The van der Waals surface area contributed by atoms with E-state index in [0.717, 1.165) is 55.5 Å². The summed E-state index contributed by atoms with van der Waals surface area (Å²) in [6.07, 6.45) is 12.5. The van der Waals surface area contributed by atoms with Gasteiger partial charge in [-0.1, -0.05) is 54.6 Å². The highest BCUT2D eigenvalue weighted by molar-refractivity contribution is 7.80. The topological polar surface area (TPSA) is 27.5 Å². The van der Waals surface area contributed by atoms with Crippen molar-refractivity contribution in [1.29, 1.82) is 0 Å². The Morgan fingerprint density at radius 3 is 2.24 bits per heavy atom. The van der Waals surface area contributed by atoms with Crippen LogP contribution in [0.3, 0.4) is 0 Å². The number of aromatic nitrogens is 2. The molecule has 3 aliphatic rings. The summed E-state index contributed by atoms with van der Waals surface area (Å²) in [5.74, 6) is 1.16. The molecule has 2 atom stereocenters. The SMILES string of the molecule is C=CCN(CC=C)C(=S)N1CCC(CCN2C3CCC2CC(n2c(C)nc4ccccc42)C3)(c2ccccc2)CC1. The first-order valence-electron chi connectivity index (χ1n) is 15.5. The number of imidazole rings is 1. The molecule has 4 heterocycles. The smallest absolute Gasteiger partial charge is 0.172 e. The van der Waals surface area contributed by atoms with E-state index in [0.29, 0.717) is 18.1 Å². The first kappa shape index (κ1) is 28.2. The molecule has 5 nitrogen and oxygen atoms in total. The number of para-hydroxylation sites is 2. The maximum absolute atomic E-state index is 5.95. The lowest BCUT2D eigenvalue weighted by molar-refractivity contribution is 0.0883. The fraction of sp³-hybridized carbons (Fsp3) is 0.486. The molecule has 6 rings (SSSR count). The van der Waals surface area contributed by atoms with Crippen molar-refractivity contribution in [2.45, 2.75) is 75.4 Å². The third-order valence-electron chi connectivity index (χ3n) is 10.2. The normalized spacial score (nSPS) is 23.9. The highest BCUT2D eigenvalue weighted by atomic mass is 32.1. The number of hydrogen-bond acceptors (Lipinski definition) is 3. The molecule has 3 fully saturated rings. The van der Waals surface area contributed by atoms with Crippen molar-refractivity contribution in [3.8, 4) is 0 Å². The van der Waals surface area contributed by atoms with Crippen LogP contribution in [0.25, 0.3) is 11.0 Å². The van der Waals surface area contributed by atoms with Gasteiger partial charge in [0.2, 0.25) is 0 Å². The molecule has 0 amide bonds. The van der Waals surface area contributed by atoms with E-state index in [-0.39, 0.29) is 5.41 Å². The minimum Gasteiger partial charge on any atom is -0.349 e. The van der Waals surface area contributed by atoms with Crippen LogP contribution >= 0.6 is 12.2 Å². The summed E-state index contributed by atoms with van der Waals surface area (Å²) in [4.78, 5) is 12.4. The molecule has 0 saturated carbocycles. The quantitative estimate of drug-likeness (QED) is 0.207. The summed E-state index contributed by atoms with van der Waals surface area (Å²) in [5.41, 5.74) is 4.13. The molecular weight excluding hydrogens is 522 g/mol. The van der Waals surface area contributed by atoms with Crippen LogP contribution in [0.1, 0.15) is 62.4 Å². The number of rotatable bonds is 9. The number of piperidine rings is 2. The molecule has 3 aliphatic heterocycles. The van der Waals surface area contributed by atoms with Gasteiger partial charge in [0, 0.05) is 44.3 Å². The van der Waals surface area contributed by atoms with Crippen LogP contribution in [0.2, 0.25) is 0 Å². The standard InChI is InChI=1S/C35H45N5S/c1-4-20-37(21-5-2)34(41)38-22-17-35(18-23-38,28-11-7-6-8-12-28)19-24-39-29-15-16-30(39)26-31(25-29)40-27(3)36-32-13-9-10-14-33(32)40/h4-14,29-31H,1-2,15-26H2,3H3. The van der Waals surface area contributed by atoms with E-state index in [1.807, 2.05) is 12.2 Å². The third kappa shape index (κ3) is 5.49. The molecule has 3 saturated heterocycles. The summed E-state index contributed by atoms with van der Waals surface area (Å²) < 4.78 is 2.55. The van der Waals surface area contributed by atoms with Crippen LogP contribution in [0.15, 0.2) is 79.9 Å². The number of benzene rings is 2. The number of thiocarbonyl (C=S) groups is 1. The van der Waals surface area contributed by atoms with E-state index in [9.17, 15) is 0 Å². The molecule has 0 aliphatic carbocycles. The Morgan fingerprint density at radius 2 is 1.59 bits per heavy atom. The molecule has 216 valence electrons. The number of nitrogens with zero attached hydrogens (tertiary/aromatic N) is 5. The van der Waals surface area contributed by atoms with Crippen LogP contribution in [-0.4, -0.2) is 74.2 Å². The van der Waals surface area contributed by atoms with Crippen molar-refractivity contribution in [3.05, 3.63) is 91.3 Å². The van der Waals surface area contributed by atoms with Crippen molar-refractivity contribution in [2.24, 2.45) is 0 Å². The van der Waals surface area contributed by atoms with Crippen molar-refractivity contribution >= 4 is 28.4 Å². The van der Waals surface area contributed by atoms with Crippen LogP contribution in [0.5, 0.6) is 0 Å². The van der Waals surface area contributed by atoms with Gasteiger partial charge < -0.3 is 14.4 Å². The summed E-state index contributed by atoms with van der Waals surface area (Å²) in [7, 11) is 0. The zero-order valence-corrected chi connectivity index (χ0v) is 25.4. The zero-order chi connectivity index (χ0) is 28.4. The van der Waals surface area contributed by atoms with E-state index < -0.39 is 0 Å². The second-order valence-corrected chi connectivity index (χ2v) is 12.8. The molecule has 0 radical (unpaired) electrons. The Kier molecular flexibility index (Phi) is 8.32. The predicted octanol–water partition coefficient (Wildman–Crippen LogP) is 6.90.